The molecule has 2 bridgehead atoms. The minimum atomic E-state index is -0.426. The number of H-pyrrole nitrogens is 1. The molecule has 0 unspecified atom stereocenters. The Morgan fingerprint density at radius 1 is 0.853 bits per heavy atom. The molecule has 1 N–H and O–H groups in total. The number of aromatic amines is 1. The Labute approximate surface area is 201 Å². The largest absolute Gasteiger partial charge is 0.307 e. The van der Waals surface area contributed by atoms with Gasteiger partial charge in [-0.1, -0.05) is 23.5 Å². The number of halogens is 2. The first-order valence-corrected chi connectivity index (χ1v) is 12.9. The number of nitrogens with zero attached hydrogens (tertiary/aromatic N) is 1. The Morgan fingerprint density at radius 2 is 1.47 bits per heavy atom. The van der Waals surface area contributed by atoms with Gasteiger partial charge in [-0.05, 0) is 66.1 Å². The topological polar surface area (TPSA) is 70.2 Å². The van der Waals surface area contributed by atoms with Gasteiger partial charge in [-0.15, -0.1) is 11.8 Å². The molecule has 2 amide bonds. The van der Waals surface area contributed by atoms with Crippen LogP contribution in [-0.2, 0) is 9.59 Å². The van der Waals surface area contributed by atoms with E-state index in [-0.39, 0.29) is 51.4 Å². The maximum absolute atomic E-state index is 13.7. The number of fused-ring (bicyclic) bond motifs is 9. The summed E-state index contributed by atoms with van der Waals surface area (Å²) in [5, 5.41) is 0.894. The summed E-state index contributed by atoms with van der Waals surface area (Å²) < 4.78 is 27.2. The highest BCUT2D eigenvalue weighted by atomic mass is 32.2. The first kappa shape index (κ1) is 20.6. The number of thiazole rings is 1. The van der Waals surface area contributed by atoms with Crippen LogP contribution in [0.3, 0.4) is 0 Å². The maximum atomic E-state index is 13.7. The molecule has 4 aliphatic rings. The minimum Gasteiger partial charge on any atom is -0.307 e. The number of amides is 2. The minimum absolute atomic E-state index is 0.00592. The lowest BCUT2D eigenvalue weighted by molar-refractivity contribution is -0.123. The van der Waals surface area contributed by atoms with E-state index in [0.717, 1.165) is 21.9 Å². The standard InChI is InChI=1S/C25H18F2N2O3S2/c26-11-3-1-10(2-4-11)16-17-14-9-15(20(17)33-22-21(16)34-25(32)28-22)19-18(14)23(30)29(24(19)31)13-7-5-12(27)6-8-13/h1-8,14-20H,9H2,(H,28,32)/t14-,15-,16+,17-,18+,19-,20+/m1/s1. The first-order valence-electron chi connectivity index (χ1n) is 11.2. The summed E-state index contributed by atoms with van der Waals surface area (Å²) in [5.74, 6) is -2.10. The average molecular weight is 497 g/mol. The number of benzene rings is 2. The second-order valence-corrected chi connectivity index (χ2v) is 11.7. The van der Waals surface area contributed by atoms with Crippen LogP contribution in [0.25, 0.3) is 0 Å². The van der Waals surface area contributed by atoms with Crippen molar-refractivity contribution in [3.63, 3.8) is 0 Å². The molecule has 0 spiro atoms. The summed E-state index contributed by atoms with van der Waals surface area (Å²) >= 11 is 2.79. The summed E-state index contributed by atoms with van der Waals surface area (Å²) in [7, 11) is 0. The van der Waals surface area contributed by atoms with Gasteiger partial charge in [-0.3, -0.25) is 19.3 Å². The predicted molar refractivity (Wildman–Crippen MR) is 124 cm³/mol. The molecular weight excluding hydrogens is 478 g/mol. The fraction of sp³-hybridized carbons (Fsp3) is 0.320. The molecule has 3 aromatic rings. The van der Waals surface area contributed by atoms with Crippen LogP contribution in [0.4, 0.5) is 14.5 Å². The molecule has 1 saturated heterocycles. The lowest BCUT2D eigenvalue weighted by Crippen LogP contribution is -2.42. The van der Waals surface area contributed by atoms with Gasteiger partial charge >= 0.3 is 4.87 Å². The van der Waals surface area contributed by atoms with Crippen LogP contribution >= 0.6 is 23.1 Å². The van der Waals surface area contributed by atoms with E-state index in [1.807, 2.05) is 0 Å². The third kappa shape index (κ3) is 2.68. The number of nitrogens with one attached hydrogen (secondary N) is 1. The Morgan fingerprint density at radius 3 is 2.15 bits per heavy atom. The van der Waals surface area contributed by atoms with E-state index in [2.05, 4.69) is 4.98 Å². The molecule has 3 fully saturated rings. The van der Waals surface area contributed by atoms with Crippen LogP contribution in [-0.4, -0.2) is 22.0 Å². The molecule has 0 radical (unpaired) electrons. The molecule has 2 aromatic carbocycles. The average Bonchev–Trinajstić information content (AvgIpc) is 3.54. The number of imide groups is 1. The molecule has 172 valence electrons. The lowest BCUT2D eigenvalue weighted by atomic mass is 9.68. The van der Waals surface area contributed by atoms with Gasteiger partial charge in [0.2, 0.25) is 11.8 Å². The van der Waals surface area contributed by atoms with Crippen molar-refractivity contribution in [1.29, 1.82) is 0 Å². The number of aromatic nitrogens is 1. The molecule has 2 aliphatic carbocycles. The maximum Gasteiger partial charge on any atom is 0.305 e. The Balaban J connectivity index is 1.32. The van der Waals surface area contributed by atoms with E-state index >= 15 is 0 Å². The number of hydrogen-bond donors (Lipinski definition) is 1. The Kier molecular flexibility index (Phi) is 4.31. The second-order valence-electron chi connectivity index (χ2n) is 9.50. The number of thioether (sulfide) groups is 1. The molecule has 5 nitrogen and oxygen atoms in total. The summed E-state index contributed by atoms with van der Waals surface area (Å²) in [6.45, 7) is 0. The van der Waals surface area contributed by atoms with E-state index in [4.69, 9.17) is 0 Å². The van der Waals surface area contributed by atoms with Gasteiger partial charge in [0.05, 0.1) is 22.5 Å². The number of rotatable bonds is 2. The van der Waals surface area contributed by atoms with Gasteiger partial charge in [0, 0.05) is 16.0 Å². The Hall–Kier alpha value is -2.78. The van der Waals surface area contributed by atoms with Crippen LogP contribution in [0, 0.1) is 41.2 Å². The zero-order valence-electron chi connectivity index (χ0n) is 17.6. The Bertz CT molecular complexity index is 1400. The second kappa shape index (κ2) is 7.11. The molecule has 9 heteroatoms. The van der Waals surface area contributed by atoms with Gasteiger partial charge in [-0.25, -0.2) is 8.78 Å². The normalized spacial score (nSPS) is 33.2. The quantitative estimate of drug-likeness (QED) is 0.535. The molecular formula is C25H18F2N2O3S2. The molecule has 7 rings (SSSR count). The van der Waals surface area contributed by atoms with Gasteiger partial charge < -0.3 is 4.98 Å². The van der Waals surface area contributed by atoms with E-state index in [0.29, 0.717) is 5.69 Å². The van der Waals surface area contributed by atoms with Crippen molar-refractivity contribution in [2.45, 2.75) is 22.6 Å². The van der Waals surface area contributed by atoms with Crippen LogP contribution in [0.5, 0.6) is 0 Å². The van der Waals surface area contributed by atoms with E-state index in [1.54, 1.807) is 23.9 Å². The van der Waals surface area contributed by atoms with Crippen molar-refractivity contribution in [3.8, 4) is 0 Å². The third-order valence-corrected chi connectivity index (χ3v) is 10.6. The number of hydrogen-bond acceptors (Lipinski definition) is 5. The zero-order chi connectivity index (χ0) is 23.3. The summed E-state index contributed by atoms with van der Waals surface area (Å²) in [5.41, 5.74) is 1.32. The molecule has 2 saturated carbocycles. The summed E-state index contributed by atoms with van der Waals surface area (Å²) in [6.07, 6.45) is 0.781. The molecule has 7 atom stereocenters. The molecule has 34 heavy (non-hydrogen) atoms. The van der Waals surface area contributed by atoms with Gasteiger partial charge in [-0.2, -0.15) is 0 Å². The van der Waals surface area contributed by atoms with Crippen molar-refractivity contribution in [1.82, 2.24) is 4.98 Å². The van der Waals surface area contributed by atoms with E-state index in [9.17, 15) is 23.2 Å². The van der Waals surface area contributed by atoms with Crippen molar-refractivity contribution >= 4 is 40.6 Å². The fourth-order valence-corrected chi connectivity index (χ4v) is 9.79. The van der Waals surface area contributed by atoms with Crippen LogP contribution in [0.1, 0.15) is 22.8 Å². The van der Waals surface area contributed by atoms with Gasteiger partial charge in [0.25, 0.3) is 0 Å². The fourth-order valence-electron chi connectivity index (χ4n) is 6.90. The highest BCUT2D eigenvalue weighted by molar-refractivity contribution is 8.00. The van der Waals surface area contributed by atoms with E-state index < -0.39 is 17.7 Å². The highest BCUT2D eigenvalue weighted by Gasteiger charge is 2.69. The van der Waals surface area contributed by atoms with Crippen molar-refractivity contribution in [2.75, 3.05) is 4.90 Å². The van der Waals surface area contributed by atoms with Crippen molar-refractivity contribution in [3.05, 3.63) is 80.3 Å². The highest BCUT2D eigenvalue weighted by Crippen LogP contribution is 2.68. The third-order valence-electron chi connectivity index (χ3n) is 8.04. The monoisotopic (exact) mass is 496 g/mol. The lowest BCUT2D eigenvalue weighted by Gasteiger charge is -2.43. The van der Waals surface area contributed by atoms with Crippen LogP contribution in [0.2, 0.25) is 0 Å². The summed E-state index contributed by atoms with van der Waals surface area (Å²) in [6, 6.07) is 11.8. The predicted octanol–water partition coefficient (Wildman–Crippen LogP) is 4.39. The molecule has 3 heterocycles. The smallest absolute Gasteiger partial charge is 0.305 e. The van der Waals surface area contributed by atoms with Gasteiger partial charge in [0.1, 0.15) is 11.6 Å². The SMILES string of the molecule is O=C1[C@@H]2[C@H]3C[C@@H]([C@@H]2C(=O)N1c1ccc(F)cc1)[C@@H]1[C@H](c2ccc(F)cc2)c2sc(=O)[nH]c2S[C@@H]31. The van der Waals surface area contributed by atoms with Crippen LogP contribution < -0.4 is 9.77 Å². The van der Waals surface area contributed by atoms with E-state index in [1.165, 1.54) is 52.6 Å². The summed E-state index contributed by atoms with van der Waals surface area (Å²) in [4.78, 5) is 44.3. The number of carbonyl (C=O) groups excluding carboxylic acids is 2. The van der Waals surface area contributed by atoms with Crippen molar-refractivity contribution < 1.29 is 18.4 Å². The van der Waals surface area contributed by atoms with Gasteiger partial charge in [0.15, 0.2) is 0 Å². The first-order chi connectivity index (χ1) is 16.4. The van der Waals surface area contributed by atoms with Crippen LogP contribution in [0.15, 0.2) is 58.4 Å². The van der Waals surface area contributed by atoms with Crippen molar-refractivity contribution in [2.24, 2.45) is 29.6 Å². The zero-order valence-corrected chi connectivity index (χ0v) is 19.2. The molecule has 1 aromatic heterocycles. The molecule has 2 aliphatic heterocycles. The number of anilines is 1. The number of carbonyl (C=O) groups is 2.